The largest absolute Gasteiger partial charge is 0.462 e. The van der Waals surface area contributed by atoms with E-state index in [9.17, 15) is 28.8 Å². The maximum absolute atomic E-state index is 11.5. The highest BCUT2D eigenvalue weighted by Gasteiger charge is 2.30. The Hall–Kier alpha value is -4.62. The molecule has 14 heteroatoms. The molecule has 0 heterocycles. The standard InChI is InChI=1S/C16H24N2O8.C15H24O4/c1-10(2)13(19)23-6-7-24-15(21)17-9-18-16(22)26-12(5)8-25-14(20)11(3)4;1-7-15(8-2,9-18-13(16)11(3)4)10-19-14(17)12(5)6/h12H,1,3,6-9H2,2,4-5H3,(H,17,21)(H,18,22);3,5,7-10H2,1-2,4,6H3. The maximum Gasteiger partial charge on any atom is 0.408 e. The molecule has 0 aromatic heterocycles. The Morgan fingerprint density at radius 2 is 0.978 bits per heavy atom. The van der Waals surface area contributed by atoms with Crippen LogP contribution < -0.4 is 10.6 Å². The number of carbonyl (C=O) groups excluding carboxylic acids is 6. The molecule has 0 aliphatic heterocycles. The summed E-state index contributed by atoms with van der Waals surface area (Å²) in [6.45, 7) is 25.3. The Balaban J connectivity index is 0. The lowest BCUT2D eigenvalue weighted by Gasteiger charge is -2.30. The number of nitrogens with one attached hydrogen (secondary N) is 2. The number of hydrogen-bond donors (Lipinski definition) is 2. The monoisotopic (exact) mass is 640 g/mol. The summed E-state index contributed by atoms with van der Waals surface area (Å²) in [5.74, 6) is -2.00. The van der Waals surface area contributed by atoms with Crippen molar-refractivity contribution in [1.82, 2.24) is 10.6 Å². The fourth-order valence-electron chi connectivity index (χ4n) is 2.59. The van der Waals surface area contributed by atoms with Gasteiger partial charge in [0.05, 0.1) is 6.67 Å². The number of carbonyl (C=O) groups is 6. The minimum atomic E-state index is -0.820. The average Bonchev–Trinajstić information content (AvgIpc) is 2.97. The third kappa shape index (κ3) is 20.8. The van der Waals surface area contributed by atoms with Gasteiger partial charge in [0, 0.05) is 27.7 Å². The van der Waals surface area contributed by atoms with Crippen LogP contribution >= 0.6 is 0 Å². The lowest BCUT2D eigenvalue weighted by Crippen LogP contribution is -2.39. The van der Waals surface area contributed by atoms with Crippen molar-refractivity contribution in [3.05, 3.63) is 48.6 Å². The third-order valence-corrected chi connectivity index (χ3v) is 5.69. The van der Waals surface area contributed by atoms with Gasteiger partial charge in [-0.25, -0.2) is 28.8 Å². The molecule has 0 radical (unpaired) electrons. The van der Waals surface area contributed by atoms with Crippen LogP contribution in [0.4, 0.5) is 9.59 Å². The van der Waals surface area contributed by atoms with Crippen molar-refractivity contribution in [2.24, 2.45) is 5.41 Å². The first kappa shape index (κ1) is 42.5. The van der Waals surface area contributed by atoms with Gasteiger partial charge in [0.15, 0.2) is 0 Å². The van der Waals surface area contributed by atoms with E-state index >= 15 is 0 Å². The molecule has 0 saturated carbocycles. The zero-order valence-electron chi connectivity index (χ0n) is 27.5. The number of ether oxygens (including phenoxy) is 6. The van der Waals surface area contributed by atoms with Gasteiger partial charge >= 0.3 is 36.1 Å². The minimum Gasteiger partial charge on any atom is -0.462 e. The van der Waals surface area contributed by atoms with Gasteiger partial charge in [-0.3, -0.25) is 0 Å². The van der Waals surface area contributed by atoms with E-state index in [2.05, 4.69) is 36.9 Å². The number of amides is 2. The molecule has 0 bridgehead atoms. The van der Waals surface area contributed by atoms with Crippen LogP contribution in [0.25, 0.3) is 0 Å². The second-order valence-electron chi connectivity index (χ2n) is 10.1. The first-order chi connectivity index (χ1) is 20.9. The van der Waals surface area contributed by atoms with Crippen molar-refractivity contribution in [1.29, 1.82) is 0 Å². The van der Waals surface area contributed by atoms with Crippen LogP contribution in [0.15, 0.2) is 48.6 Å². The van der Waals surface area contributed by atoms with Gasteiger partial charge < -0.3 is 39.1 Å². The van der Waals surface area contributed by atoms with E-state index in [1.165, 1.54) is 20.8 Å². The second kappa shape index (κ2) is 22.9. The van der Waals surface area contributed by atoms with Crippen molar-refractivity contribution >= 4 is 36.1 Å². The highest BCUT2D eigenvalue weighted by atomic mass is 16.6. The maximum atomic E-state index is 11.5. The van der Waals surface area contributed by atoms with Crippen molar-refractivity contribution in [3.8, 4) is 0 Å². The SMILES string of the molecule is C=C(C)C(=O)OCC(CC)(CC)COC(=O)C(=C)C.C=C(C)C(=O)OCCOC(=O)NCNC(=O)OC(C)COC(=O)C(=C)C. The van der Waals surface area contributed by atoms with Crippen LogP contribution in [-0.4, -0.2) is 81.9 Å². The molecule has 0 aliphatic rings. The molecule has 2 N–H and O–H groups in total. The Morgan fingerprint density at radius 3 is 1.40 bits per heavy atom. The molecule has 1 atom stereocenters. The second-order valence-corrected chi connectivity index (χ2v) is 10.1. The van der Waals surface area contributed by atoms with Gasteiger partial charge in [-0.2, -0.15) is 0 Å². The van der Waals surface area contributed by atoms with E-state index in [1.54, 1.807) is 13.8 Å². The fourth-order valence-corrected chi connectivity index (χ4v) is 2.59. The summed E-state index contributed by atoms with van der Waals surface area (Å²) >= 11 is 0. The van der Waals surface area contributed by atoms with Crippen molar-refractivity contribution < 1.29 is 57.2 Å². The van der Waals surface area contributed by atoms with Crippen LogP contribution in [0.3, 0.4) is 0 Å². The van der Waals surface area contributed by atoms with Gasteiger partial charge in [-0.1, -0.05) is 40.2 Å². The smallest absolute Gasteiger partial charge is 0.408 e. The van der Waals surface area contributed by atoms with E-state index in [1.807, 2.05) is 13.8 Å². The van der Waals surface area contributed by atoms with Crippen molar-refractivity contribution in [2.75, 3.05) is 39.7 Å². The van der Waals surface area contributed by atoms with Crippen molar-refractivity contribution in [3.63, 3.8) is 0 Å². The molecule has 0 rings (SSSR count). The molecule has 0 aromatic carbocycles. The summed E-state index contributed by atoms with van der Waals surface area (Å²) in [5, 5.41) is 4.49. The Morgan fingerprint density at radius 1 is 0.600 bits per heavy atom. The molecule has 0 aromatic rings. The molecule has 0 aliphatic carbocycles. The zero-order chi connectivity index (χ0) is 35.2. The summed E-state index contributed by atoms with van der Waals surface area (Å²) in [6, 6.07) is 0. The molecule has 45 heavy (non-hydrogen) atoms. The normalized spacial score (nSPS) is 10.7. The van der Waals surface area contributed by atoms with Gasteiger partial charge in [-0.05, 0) is 47.5 Å². The Bertz CT molecular complexity index is 1060. The molecule has 0 fully saturated rings. The van der Waals surface area contributed by atoms with Crippen LogP contribution in [0.1, 0.15) is 61.3 Å². The number of esters is 4. The summed E-state index contributed by atoms with van der Waals surface area (Å²) in [4.78, 5) is 67.9. The van der Waals surface area contributed by atoms with E-state index < -0.39 is 42.2 Å². The van der Waals surface area contributed by atoms with Crippen molar-refractivity contribution in [2.45, 2.75) is 67.4 Å². The van der Waals surface area contributed by atoms with E-state index in [-0.39, 0.29) is 56.3 Å². The van der Waals surface area contributed by atoms with Gasteiger partial charge in [0.1, 0.15) is 39.1 Å². The molecule has 0 saturated heterocycles. The first-order valence-corrected chi connectivity index (χ1v) is 14.1. The molecule has 1 unspecified atom stereocenters. The van der Waals surface area contributed by atoms with E-state index in [4.69, 9.17) is 28.4 Å². The lowest BCUT2D eigenvalue weighted by atomic mass is 9.84. The zero-order valence-corrected chi connectivity index (χ0v) is 27.5. The van der Waals surface area contributed by atoms with Crippen LogP contribution in [-0.2, 0) is 47.6 Å². The quantitative estimate of drug-likeness (QED) is 0.0722. The molecular formula is C31H48N2O12. The molecule has 0 spiro atoms. The Labute approximate surface area is 265 Å². The van der Waals surface area contributed by atoms with Crippen LogP contribution in [0.2, 0.25) is 0 Å². The summed E-state index contributed by atoms with van der Waals surface area (Å²) in [6.07, 6.45) is -0.833. The van der Waals surface area contributed by atoms with E-state index in [0.29, 0.717) is 11.1 Å². The molecule has 254 valence electrons. The van der Waals surface area contributed by atoms with Gasteiger partial charge in [0.25, 0.3) is 0 Å². The minimum absolute atomic E-state index is 0.116. The molecule has 14 nitrogen and oxygen atoms in total. The summed E-state index contributed by atoms with van der Waals surface area (Å²) < 4.78 is 29.5. The van der Waals surface area contributed by atoms with Crippen LogP contribution in [0, 0.1) is 5.41 Å². The highest BCUT2D eigenvalue weighted by Crippen LogP contribution is 2.28. The van der Waals surface area contributed by atoms with Crippen LogP contribution in [0.5, 0.6) is 0 Å². The number of rotatable bonds is 18. The molecule has 2 amide bonds. The predicted octanol–water partition coefficient (Wildman–Crippen LogP) is 4.05. The number of alkyl carbamates (subject to hydrolysis) is 2. The first-order valence-electron chi connectivity index (χ1n) is 14.1. The number of hydrogen-bond acceptors (Lipinski definition) is 12. The topological polar surface area (TPSA) is 182 Å². The van der Waals surface area contributed by atoms with Gasteiger partial charge in [-0.15, -0.1) is 0 Å². The highest BCUT2D eigenvalue weighted by molar-refractivity contribution is 5.88. The summed E-state index contributed by atoms with van der Waals surface area (Å²) in [7, 11) is 0. The summed E-state index contributed by atoms with van der Waals surface area (Å²) in [5.41, 5.74) is 0.843. The predicted molar refractivity (Wildman–Crippen MR) is 165 cm³/mol. The fraction of sp³-hybridized carbons (Fsp3) is 0.548. The van der Waals surface area contributed by atoms with E-state index in [0.717, 1.165) is 12.8 Å². The lowest BCUT2D eigenvalue weighted by molar-refractivity contribution is -0.150. The Kier molecular flexibility index (Phi) is 21.6. The molecular weight excluding hydrogens is 592 g/mol. The average molecular weight is 641 g/mol. The third-order valence-electron chi connectivity index (χ3n) is 5.69. The van der Waals surface area contributed by atoms with Gasteiger partial charge in [0.2, 0.25) is 0 Å².